The molecule has 0 bridgehead atoms. The first-order valence-electron chi connectivity index (χ1n) is 6.86. The zero-order valence-electron chi connectivity index (χ0n) is 11.9. The van der Waals surface area contributed by atoms with Crippen LogP contribution in [0.3, 0.4) is 0 Å². The lowest BCUT2D eigenvalue weighted by Crippen LogP contribution is -2.20. The molecule has 0 spiro atoms. The fraction of sp³-hybridized carbons (Fsp3) is 0.467. The number of aromatic nitrogens is 2. The Kier molecular flexibility index (Phi) is 5.49. The minimum atomic E-state index is 0.172. The highest BCUT2D eigenvalue weighted by molar-refractivity contribution is 7.07. The van der Waals surface area contributed by atoms with Crippen LogP contribution in [0.2, 0.25) is 0 Å². The van der Waals surface area contributed by atoms with Crippen LogP contribution in [0.5, 0.6) is 0 Å². The Morgan fingerprint density at radius 1 is 1.35 bits per heavy atom. The fourth-order valence-electron chi connectivity index (χ4n) is 1.98. The van der Waals surface area contributed by atoms with E-state index in [2.05, 4.69) is 46.0 Å². The molecule has 0 saturated carbocycles. The van der Waals surface area contributed by atoms with Gasteiger partial charge in [-0.25, -0.2) is 9.97 Å². The number of aliphatic hydroxyl groups excluding tert-OH is 1. The summed E-state index contributed by atoms with van der Waals surface area (Å²) in [7, 11) is 0. The maximum absolute atomic E-state index is 9.48. The van der Waals surface area contributed by atoms with E-state index in [0.717, 1.165) is 17.9 Å². The molecule has 0 aliphatic carbocycles. The van der Waals surface area contributed by atoms with Gasteiger partial charge in [0.25, 0.3) is 0 Å². The van der Waals surface area contributed by atoms with Gasteiger partial charge in [0, 0.05) is 30.8 Å². The zero-order valence-corrected chi connectivity index (χ0v) is 12.7. The third-order valence-electron chi connectivity index (χ3n) is 3.21. The molecular weight excluding hydrogens is 270 g/mol. The Balaban J connectivity index is 1.91. The highest BCUT2D eigenvalue weighted by atomic mass is 32.1. The molecule has 2 rings (SSSR count). The number of hydrogen-bond acceptors (Lipinski definition) is 5. The van der Waals surface area contributed by atoms with Crippen LogP contribution in [0.15, 0.2) is 29.2 Å². The molecule has 108 valence electrons. The number of aliphatic hydroxyl groups is 1. The average molecular weight is 291 g/mol. The van der Waals surface area contributed by atoms with Gasteiger partial charge in [0.05, 0.1) is 0 Å². The SMILES string of the molecule is CC(C)c1cc(NC[C@H](CO)Cc2ccsc2)ncn1. The van der Waals surface area contributed by atoms with E-state index in [0.29, 0.717) is 12.5 Å². The molecule has 2 aromatic rings. The summed E-state index contributed by atoms with van der Waals surface area (Å²) in [6, 6.07) is 4.08. The molecule has 2 N–H and O–H groups in total. The van der Waals surface area contributed by atoms with Crippen LogP contribution in [0, 0.1) is 5.92 Å². The van der Waals surface area contributed by atoms with Gasteiger partial charge < -0.3 is 10.4 Å². The van der Waals surface area contributed by atoms with Crippen molar-refractivity contribution >= 4 is 17.2 Å². The molecule has 5 heteroatoms. The van der Waals surface area contributed by atoms with Crippen molar-refractivity contribution in [3.05, 3.63) is 40.5 Å². The number of anilines is 1. The van der Waals surface area contributed by atoms with Gasteiger partial charge in [-0.1, -0.05) is 13.8 Å². The van der Waals surface area contributed by atoms with E-state index in [-0.39, 0.29) is 12.5 Å². The predicted molar refractivity (Wildman–Crippen MR) is 83.2 cm³/mol. The lowest BCUT2D eigenvalue weighted by Gasteiger charge is -2.15. The molecule has 0 aliphatic rings. The Morgan fingerprint density at radius 3 is 2.85 bits per heavy atom. The quantitative estimate of drug-likeness (QED) is 0.823. The first-order valence-corrected chi connectivity index (χ1v) is 7.81. The van der Waals surface area contributed by atoms with Gasteiger partial charge in [0.1, 0.15) is 12.1 Å². The molecule has 0 radical (unpaired) electrons. The molecule has 1 atom stereocenters. The average Bonchev–Trinajstić information content (AvgIpc) is 2.96. The molecule has 0 unspecified atom stereocenters. The summed E-state index contributed by atoms with van der Waals surface area (Å²) in [6.45, 7) is 5.10. The van der Waals surface area contributed by atoms with Gasteiger partial charge in [0.2, 0.25) is 0 Å². The normalized spacial score (nSPS) is 12.6. The van der Waals surface area contributed by atoms with Crippen LogP contribution in [0.25, 0.3) is 0 Å². The monoisotopic (exact) mass is 291 g/mol. The van der Waals surface area contributed by atoms with E-state index in [9.17, 15) is 5.11 Å². The van der Waals surface area contributed by atoms with Crippen molar-refractivity contribution in [2.24, 2.45) is 5.92 Å². The van der Waals surface area contributed by atoms with Crippen LogP contribution in [-0.4, -0.2) is 28.2 Å². The first-order chi connectivity index (χ1) is 9.69. The van der Waals surface area contributed by atoms with Gasteiger partial charge in [-0.3, -0.25) is 0 Å². The van der Waals surface area contributed by atoms with Gasteiger partial charge in [0.15, 0.2) is 0 Å². The second-order valence-electron chi connectivity index (χ2n) is 5.25. The van der Waals surface area contributed by atoms with E-state index in [1.807, 2.05) is 6.07 Å². The first kappa shape index (κ1) is 14.9. The number of hydrogen-bond donors (Lipinski definition) is 2. The van der Waals surface area contributed by atoms with Crippen molar-refractivity contribution in [2.45, 2.75) is 26.2 Å². The van der Waals surface area contributed by atoms with Gasteiger partial charge in [-0.2, -0.15) is 11.3 Å². The third-order valence-corrected chi connectivity index (χ3v) is 3.95. The summed E-state index contributed by atoms with van der Waals surface area (Å²) in [6.07, 6.45) is 2.47. The van der Waals surface area contributed by atoms with Crippen LogP contribution >= 0.6 is 11.3 Å². The molecule has 0 saturated heterocycles. The zero-order chi connectivity index (χ0) is 14.4. The molecule has 0 fully saturated rings. The summed E-state index contributed by atoms with van der Waals surface area (Å²) in [5.41, 5.74) is 2.31. The van der Waals surface area contributed by atoms with Crippen molar-refractivity contribution in [1.29, 1.82) is 0 Å². The van der Waals surface area contributed by atoms with Crippen LogP contribution < -0.4 is 5.32 Å². The largest absolute Gasteiger partial charge is 0.396 e. The smallest absolute Gasteiger partial charge is 0.129 e. The maximum Gasteiger partial charge on any atom is 0.129 e. The summed E-state index contributed by atoms with van der Waals surface area (Å²) >= 11 is 1.69. The van der Waals surface area contributed by atoms with E-state index < -0.39 is 0 Å². The minimum absolute atomic E-state index is 0.172. The number of rotatable bonds is 7. The summed E-state index contributed by atoms with van der Waals surface area (Å²) in [5, 5.41) is 17.0. The second-order valence-corrected chi connectivity index (χ2v) is 6.03. The summed E-state index contributed by atoms with van der Waals surface area (Å²) in [5.74, 6) is 1.41. The van der Waals surface area contributed by atoms with E-state index in [1.54, 1.807) is 17.7 Å². The molecule has 2 aromatic heterocycles. The predicted octanol–water partition coefficient (Wildman–Crippen LogP) is 2.92. The van der Waals surface area contributed by atoms with E-state index >= 15 is 0 Å². The second kappa shape index (κ2) is 7.36. The topological polar surface area (TPSA) is 58.0 Å². The van der Waals surface area contributed by atoms with Crippen molar-refractivity contribution < 1.29 is 5.11 Å². The Labute approximate surface area is 123 Å². The fourth-order valence-corrected chi connectivity index (χ4v) is 2.66. The molecular formula is C15H21N3OS. The van der Waals surface area contributed by atoms with Gasteiger partial charge in [-0.15, -0.1) is 0 Å². The molecule has 4 nitrogen and oxygen atoms in total. The Morgan fingerprint density at radius 2 is 2.20 bits per heavy atom. The standard InChI is InChI=1S/C15H21N3OS/c1-11(2)14-6-15(18-10-17-14)16-7-13(8-19)5-12-3-4-20-9-12/h3-4,6,9-11,13,19H,5,7-8H2,1-2H3,(H,16,17,18)/t13-/m1/s1. The highest BCUT2D eigenvalue weighted by Gasteiger charge is 2.10. The number of nitrogens with one attached hydrogen (secondary N) is 1. The molecule has 20 heavy (non-hydrogen) atoms. The molecule has 0 amide bonds. The highest BCUT2D eigenvalue weighted by Crippen LogP contribution is 2.15. The maximum atomic E-state index is 9.48. The van der Waals surface area contributed by atoms with Crippen molar-refractivity contribution in [3.8, 4) is 0 Å². The number of thiophene rings is 1. The van der Waals surface area contributed by atoms with Gasteiger partial charge >= 0.3 is 0 Å². The Hall–Kier alpha value is -1.46. The lowest BCUT2D eigenvalue weighted by molar-refractivity contribution is 0.232. The van der Waals surface area contributed by atoms with Gasteiger partial charge in [-0.05, 0) is 34.7 Å². The van der Waals surface area contributed by atoms with E-state index in [4.69, 9.17) is 0 Å². The summed E-state index contributed by atoms with van der Waals surface area (Å²) in [4.78, 5) is 8.47. The molecule has 0 aromatic carbocycles. The van der Waals surface area contributed by atoms with Crippen LogP contribution in [-0.2, 0) is 6.42 Å². The van der Waals surface area contributed by atoms with Crippen molar-refractivity contribution in [2.75, 3.05) is 18.5 Å². The lowest BCUT2D eigenvalue weighted by atomic mass is 10.0. The minimum Gasteiger partial charge on any atom is -0.396 e. The van der Waals surface area contributed by atoms with Crippen molar-refractivity contribution in [3.63, 3.8) is 0 Å². The number of nitrogens with zero attached hydrogens (tertiary/aromatic N) is 2. The van der Waals surface area contributed by atoms with Crippen molar-refractivity contribution in [1.82, 2.24) is 9.97 Å². The van der Waals surface area contributed by atoms with Crippen LogP contribution in [0.1, 0.15) is 31.0 Å². The summed E-state index contributed by atoms with van der Waals surface area (Å²) < 4.78 is 0. The van der Waals surface area contributed by atoms with E-state index in [1.165, 1.54) is 5.56 Å². The Bertz CT molecular complexity index is 514. The molecule has 0 aliphatic heterocycles. The molecule has 2 heterocycles. The third kappa shape index (κ3) is 4.28. The van der Waals surface area contributed by atoms with Crippen LogP contribution in [0.4, 0.5) is 5.82 Å².